The Bertz CT molecular complexity index is 209. The van der Waals surface area contributed by atoms with Gasteiger partial charge in [-0.1, -0.05) is 59.0 Å². The van der Waals surface area contributed by atoms with Gasteiger partial charge in [0.15, 0.2) is 0 Å². The van der Waals surface area contributed by atoms with Crippen LogP contribution in [-0.2, 0) is 4.79 Å². The van der Waals surface area contributed by atoms with Crippen LogP contribution in [0.1, 0.15) is 65.2 Å². The van der Waals surface area contributed by atoms with Gasteiger partial charge in [0.1, 0.15) is 0 Å². The van der Waals surface area contributed by atoms with Crippen molar-refractivity contribution in [3.05, 3.63) is 12.2 Å². The summed E-state index contributed by atoms with van der Waals surface area (Å²) in [6.45, 7) is 7.98. The predicted octanol–water partition coefficient (Wildman–Crippen LogP) is 4.40. The van der Waals surface area contributed by atoms with Crippen LogP contribution < -0.4 is 0 Å². The third kappa shape index (κ3) is 7.49. The number of hydrogen-bond acceptors (Lipinski definition) is 1. The van der Waals surface area contributed by atoms with Gasteiger partial charge >= 0.3 is 5.97 Å². The van der Waals surface area contributed by atoms with E-state index in [2.05, 4.69) is 20.4 Å². The molecule has 0 heterocycles. The summed E-state index contributed by atoms with van der Waals surface area (Å²) in [5, 5.41) is 8.71. The van der Waals surface area contributed by atoms with Crippen molar-refractivity contribution in [2.24, 2.45) is 5.92 Å². The van der Waals surface area contributed by atoms with Gasteiger partial charge in [0.2, 0.25) is 0 Å². The molecule has 94 valence electrons. The minimum atomic E-state index is -0.846. The molecule has 2 nitrogen and oxygen atoms in total. The SMILES string of the molecule is C=C(CCC(CC)CCCCCC)C(=O)O. The number of unbranched alkanes of at least 4 members (excludes halogenated alkanes) is 3. The minimum absolute atomic E-state index is 0.354. The van der Waals surface area contributed by atoms with Gasteiger partial charge in [-0.25, -0.2) is 4.79 Å². The van der Waals surface area contributed by atoms with Gasteiger partial charge < -0.3 is 5.11 Å². The van der Waals surface area contributed by atoms with Crippen molar-refractivity contribution in [2.45, 2.75) is 65.2 Å². The van der Waals surface area contributed by atoms with Crippen LogP contribution >= 0.6 is 0 Å². The molecule has 0 aliphatic heterocycles. The van der Waals surface area contributed by atoms with E-state index in [1.165, 1.54) is 32.1 Å². The molecule has 0 rings (SSSR count). The molecule has 16 heavy (non-hydrogen) atoms. The Morgan fingerprint density at radius 3 is 2.38 bits per heavy atom. The van der Waals surface area contributed by atoms with E-state index in [0.717, 1.165) is 12.8 Å². The van der Waals surface area contributed by atoms with Crippen molar-refractivity contribution < 1.29 is 9.90 Å². The number of carboxylic acids is 1. The summed E-state index contributed by atoms with van der Waals surface area (Å²) in [5.74, 6) is -0.172. The van der Waals surface area contributed by atoms with E-state index >= 15 is 0 Å². The molecular formula is C14H26O2. The van der Waals surface area contributed by atoms with Gasteiger partial charge in [0.05, 0.1) is 0 Å². The molecule has 1 N–H and O–H groups in total. The van der Waals surface area contributed by atoms with Crippen molar-refractivity contribution in [1.29, 1.82) is 0 Å². The van der Waals surface area contributed by atoms with Gasteiger partial charge in [-0.2, -0.15) is 0 Å². The molecule has 2 heteroatoms. The van der Waals surface area contributed by atoms with Crippen LogP contribution in [0.4, 0.5) is 0 Å². The Morgan fingerprint density at radius 1 is 1.19 bits per heavy atom. The topological polar surface area (TPSA) is 37.3 Å². The van der Waals surface area contributed by atoms with Gasteiger partial charge in [0.25, 0.3) is 0 Å². The fraction of sp³-hybridized carbons (Fsp3) is 0.786. The summed E-state index contributed by atoms with van der Waals surface area (Å²) in [5.41, 5.74) is 0.354. The predicted molar refractivity (Wildman–Crippen MR) is 68.5 cm³/mol. The van der Waals surface area contributed by atoms with Crippen LogP contribution in [0.3, 0.4) is 0 Å². The van der Waals surface area contributed by atoms with Crippen LogP contribution in [0, 0.1) is 5.92 Å². The standard InChI is InChI=1S/C14H26O2/c1-4-6-7-8-9-13(5-2)11-10-12(3)14(15)16/h13H,3-11H2,1-2H3,(H,15,16). The highest BCUT2D eigenvalue weighted by Gasteiger charge is 2.09. The van der Waals surface area contributed by atoms with E-state index in [-0.39, 0.29) is 0 Å². The Kier molecular flexibility index (Phi) is 8.97. The van der Waals surface area contributed by atoms with E-state index in [1.54, 1.807) is 0 Å². The van der Waals surface area contributed by atoms with Crippen molar-refractivity contribution in [3.8, 4) is 0 Å². The first-order valence-corrected chi connectivity index (χ1v) is 6.52. The van der Waals surface area contributed by atoms with Crippen LogP contribution in [-0.4, -0.2) is 11.1 Å². The van der Waals surface area contributed by atoms with Crippen molar-refractivity contribution in [3.63, 3.8) is 0 Å². The maximum Gasteiger partial charge on any atom is 0.330 e. The molecule has 0 amide bonds. The van der Waals surface area contributed by atoms with E-state index in [4.69, 9.17) is 5.11 Å². The molecule has 0 aliphatic rings. The lowest BCUT2D eigenvalue weighted by molar-refractivity contribution is -0.132. The molecule has 1 atom stereocenters. The second kappa shape index (κ2) is 9.44. The molecule has 0 saturated carbocycles. The largest absolute Gasteiger partial charge is 0.478 e. The van der Waals surface area contributed by atoms with Crippen LogP contribution in [0.25, 0.3) is 0 Å². The summed E-state index contributed by atoms with van der Waals surface area (Å²) in [4.78, 5) is 10.6. The summed E-state index contributed by atoms with van der Waals surface area (Å²) in [6, 6.07) is 0. The molecular weight excluding hydrogens is 200 g/mol. The number of carboxylic acid groups (broad SMARTS) is 1. The zero-order valence-electron chi connectivity index (χ0n) is 10.8. The average Bonchev–Trinajstić information content (AvgIpc) is 2.27. The lowest BCUT2D eigenvalue weighted by atomic mass is 9.92. The molecule has 0 saturated heterocycles. The molecule has 0 spiro atoms. The molecule has 0 radical (unpaired) electrons. The monoisotopic (exact) mass is 226 g/mol. The first-order valence-electron chi connectivity index (χ1n) is 6.52. The smallest absolute Gasteiger partial charge is 0.330 e. The molecule has 1 unspecified atom stereocenters. The van der Waals surface area contributed by atoms with Crippen molar-refractivity contribution >= 4 is 5.97 Å². The van der Waals surface area contributed by atoms with E-state index in [0.29, 0.717) is 17.9 Å². The van der Waals surface area contributed by atoms with Crippen LogP contribution in [0.15, 0.2) is 12.2 Å². The molecule has 0 aromatic heterocycles. The third-order valence-electron chi connectivity index (χ3n) is 3.20. The average molecular weight is 226 g/mol. The highest BCUT2D eigenvalue weighted by atomic mass is 16.4. The quantitative estimate of drug-likeness (QED) is 0.442. The summed E-state index contributed by atoms with van der Waals surface area (Å²) < 4.78 is 0. The Hall–Kier alpha value is -0.790. The number of aliphatic carboxylic acids is 1. The normalized spacial score (nSPS) is 12.4. The van der Waals surface area contributed by atoms with Crippen LogP contribution in [0.5, 0.6) is 0 Å². The van der Waals surface area contributed by atoms with Gasteiger partial charge in [-0.05, 0) is 18.8 Å². The second-order valence-electron chi connectivity index (χ2n) is 4.57. The fourth-order valence-electron chi connectivity index (χ4n) is 1.90. The first kappa shape index (κ1) is 15.2. The number of carbonyl (C=O) groups is 1. The molecule has 0 bridgehead atoms. The summed E-state index contributed by atoms with van der Waals surface area (Å²) in [6.07, 6.45) is 9.20. The highest BCUT2D eigenvalue weighted by molar-refractivity contribution is 5.85. The molecule has 0 fully saturated rings. The second-order valence-corrected chi connectivity index (χ2v) is 4.57. The lowest BCUT2D eigenvalue weighted by Gasteiger charge is -2.14. The van der Waals surface area contributed by atoms with Gasteiger partial charge in [-0.15, -0.1) is 0 Å². The van der Waals surface area contributed by atoms with Crippen LogP contribution in [0.2, 0.25) is 0 Å². The highest BCUT2D eigenvalue weighted by Crippen LogP contribution is 2.21. The summed E-state index contributed by atoms with van der Waals surface area (Å²) >= 11 is 0. The van der Waals surface area contributed by atoms with Crippen molar-refractivity contribution in [1.82, 2.24) is 0 Å². The Labute approximate surface area is 99.7 Å². The first-order chi connectivity index (χ1) is 7.61. The van der Waals surface area contributed by atoms with E-state index in [9.17, 15) is 4.79 Å². The lowest BCUT2D eigenvalue weighted by Crippen LogP contribution is -2.04. The molecule has 0 aliphatic carbocycles. The maximum absolute atomic E-state index is 10.6. The zero-order chi connectivity index (χ0) is 12.4. The van der Waals surface area contributed by atoms with Crippen molar-refractivity contribution in [2.75, 3.05) is 0 Å². The third-order valence-corrected chi connectivity index (χ3v) is 3.20. The van der Waals surface area contributed by atoms with Gasteiger partial charge in [-0.3, -0.25) is 0 Å². The van der Waals surface area contributed by atoms with Gasteiger partial charge in [0, 0.05) is 5.57 Å². The molecule has 0 aromatic rings. The molecule has 0 aromatic carbocycles. The zero-order valence-corrected chi connectivity index (χ0v) is 10.8. The minimum Gasteiger partial charge on any atom is -0.478 e. The summed E-state index contributed by atoms with van der Waals surface area (Å²) in [7, 11) is 0. The van der Waals surface area contributed by atoms with E-state index < -0.39 is 5.97 Å². The fourth-order valence-corrected chi connectivity index (χ4v) is 1.90. The number of rotatable bonds is 10. The Morgan fingerprint density at radius 2 is 1.88 bits per heavy atom. The number of hydrogen-bond donors (Lipinski definition) is 1. The maximum atomic E-state index is 10.6. The Balaban J connectivity index is 3.66. The van der Waals surface area contributed by atoms with E-state index in [1.807, 2.05) is 0 Å².